The van der Waals surface area contributed by atoms with Crippen LogP contribution in [-0.4, -0.2) is 30.2 Å². The Balaban J connectivity index is 3.10. The maximum Gasteiger partial charge on any atom is 0.330 e. The lowest BCUT2D eigenvalue weighted by Crippen LogP contribution is -2.21. The van der Waals surface area contributed by atoms with Gasteiger partial charge in [-0.3, -0.25) is 4.79 Å². The van der Waals surface area contributed by atoms with E-state index >= 15 is 0 Å². The van der Waals surface area contributed by atoms with E-state index in [1.807, 2.05) is 0 Å². The predicted octanol–water partition coefficient (Wildman–Crippen LogP) is 1.30. The Labute approximate surface area is 111 Å². The molecule has 0 saturated heterocycles. The molecule has 0 aromatic heterocycles. The molecule has 0 saturated carbocycles. The monoisotopic (exact) mass is 263 g/mol. The van der Waals surface area contributed by atoms with E-state index < -0.39 is 17.9 Å². The van der Waals surface area contributed by atoms with Gasteiger partial charge in [-0.15, -0.1) is 0 Å². The third-order valence-corrected chi connectivity index (χ3v) is 2.58. The molecule has 0 aliphatic carbocycles. The van der Waals surface area contributed by atoms with Gasteiger partial charge in [0, 0.05) is 12.6 Å². The first-order valence-corrected chi connectivity index (χ1v) is 5.95. The average molecular weight is 263 g/mol. The van der Waals surface area contributed by atoms with Gasteiger partial charge in [0.05, 0.1) is 6.61 Å². The fourth-order valence-corrected chi connectivity index (χ4v) is 1.76. The highest BCUT2D eigenvalue weighted by Gasteiger charge is 2.24. The maximum absolute atomic E-state index is 11.4. The van der Waals surface area contributed by atoms with Gasteiger partial charge in [0.15, 0.2) is 0 Å². The molecule has 1 aromatic carbocycles. The number of carbonyl (C=O) groups excluding carboxylic acids is 1. The Morgan fingerprint density at radius 1 is 1.37 bits per heavy atom. The van der Waals surface area contributed by atoms with Gasteiger partial charge in [0.1, 0.15) is 5.92 Å². The lowest BCUT2D eigenvalue weighted by Gasteiger charge is -2.15. The highest BCUT2D eigenvalue weighted by atomic mass is 16.5. The third kappa shape index (κ3) is 4.22. The van der Waals surface area contributed by atoms with Crippen LogP contribution in [0.25, 0.3) is 0 Å². The van der Waals surface area contributed by atoms with Crippen LogP contribution in [0.3, 0.4) is 0 Å². The SMILES string of the molecule is CCOC(=O)C=C(CN)C(C(=O)O)c1ccccc1. The number of esters is 1. The molecule has 0 aliphatic heterocycles. The molecule has 1 unspecified atom stereocenters. The van der Waals surface area contributed by atoms with Gasteiger partial charge >= 0.3 is 11.9 Å². The van der Waals surface area contributed by atoms with E-state index in [9.17, 15) is 14.7 Å². The molecule has 0 heterocycles. The fourth-order valence-electron chi connectivity index (χ4n) is 1.76. The lowest BCUT2D eigenvalue weighted by atomic mass is 9.91. The summed E-state index contributed by atoms with van der Waals surface area (Å²) in [5.74, 6) is -2.56. The largest absolute Gasteiger partial charge is 0.481 e. The maximum atomic E-state index is 11.4. The fraction of sp³-hybridized carbons (Fsp3) is 0.286. The van der Waals surface area contributed by atoms with E-state index in [2.05, 4.69) is 0 Å². The van der Waals surface area contributed by atoms with Crippen LogP contribution in [0, 0.1) is 0 Å². The van der Waals surface area contributed by atoms with Crippen LogP contribution in [0.15, 0.2) is 42.0 Å². The van der Waals surface area contributed by atoms with Crippen molar-refractivity contribution in [3.05, 3.63) is 47.5 Å². The molecule has 3 N–H and O–H groups in total. The molecule has 0 radical (unpaired) electrons. The van der Waals surface area contributed by atoms with E-state index in [0.717, 1.165) is 6.08 Å². The minimum atomic E-state index is -1.05. The van der Waals surface area contributed by atoms with Crippen molar-refractivity contribution in [1.29, 1.82) is 0 Å². The van der Waals surface area contributed by atoms with Crippen molar-refractivity contribution in [1.82, 2.24) is 0 Å². The second kappa shape index (κ2) is 7.33. The van der Waals surface area contributed by atoms with Crippen LogP contribution < -0.4 is 5.73 Å². The Morgan fingerprint density at radius 2 is 2.00 bits per heavy atom. The molecule has 0 spiro atoms. The summed E-state index contributed by atoms with van der Waals surface area (Å²) >= 11 is 0. The molecule has 1 rings (SSSR count). The Morgan fingerprint density at radius 3 is 2.47 bits per heavy atom. The van der Waals surface area contributed by atoms with Gasteiger partial charge in [0.25, 0.3) is 0 Å². The molecule has 1 atom stereocenters. The lowest BCUT2D eigenvalue weighted by molar-refractivity contribution is -0.137. The number of hydrogen-bond acceptors (Lipinski definition) is 4. The molecule has 0 aliphatic rings. The standard InChI is InChI=1S/C14H17NO4/c1-2-19-12(16)8-11(9-15)13(14(17)18)10-6-4-3-5-7-10/h3-8,13H,2,9,15H2,1H3,(H,17,18). The highest BCUT2D eigenvalue weighted by Crippen LogP contribution is 2.24. The summed E-state index contributed by atoms with van der Waals surface area (Å²) < 4.78 is 4.78. The van der Waals surface area contributed by atoms with Crippen LogP contribution in [0.1, 0.15) is 18.4 Å². The Kier molecular flexibility index (Phi) is 5.75. The first-order chi connectivity index (χ1) is 9.10. The van der Waals surface area contributed by atoms with E-state index in [4.69, 9.17) is 10.5 Å². The number of carbonyl (C=O) groups is 2. The molecule has 5 nitrogen and oxygen atoms in total. The number of carboxylic acid groups (broad SMARTS) is 1. The smallest absolute Gasteiger partial charge is 0.330 e. The van der Waals surface area contributed by atoms with Crippen LogP contribution >= 0.6 is 0 Å². The number of hydrogen-bond donors (Lipinski definition) is 2. The zero-order valence-corrected chi connectivity index (χ0v) is 10.7. The summed E-state index contributed by atoms with van der Waals surface area (Å²) in [6.07, 6.45) is 1.16. The van der Waals surface area contributed by atoms with Gasteiger partial charge in [0.2, 0.25) is 0 Å². The van der Waals surface area contributed by atoms with E-state index in [0.29, 0.717) is 11.1 Å². The van der Waals surface area contributed by atoms with Crippen LogP contribution in [0.2, 0.25) is 0 Å². The summed E-state index contributed by atoms with van der Waals surface area (Å²) in [5.41, 5.74) is 6.45. The first kappa shape index (κ1) is 14.9. The van der Waals surface area contributed by atoms with Crippen molar-refractivity contribution in [2.75, 3.05) is 13.2 Å². The van der Waals surface area contributed by atoms with Crippen molar-refractivity contribution in [3.63, 3.8) is 0 Å². The minimum absolute atomic E-state index is 0.0231. The van der Waals surface area contributed by atoms with E-state index in [1.54, 1.807) is 37.3 Å². The zero-order valence-electron chi connectivity index (χ0n) is 10.7. The van der Waals surface area contributed by atoms with Crippen LogP contribution in [0.4, 0.5) is 0 Å². The molecule has 19 heavy (non-hydrogen) atoms. The zero-order chi connectivity index (χ0) is 14.3. The predicted molar refractivity (Wildman–Crippen MR) is 70.6 cm³/mol. The Hall–Kier alpha value is -2.14. The molecule has 0 bridgehead atoms. The summed E-state index contributed by atoms with van der Waals surface area (Å²) in [6, 6.07) is 8.65. The topological polar surface area (TPSA) is 89.6 Å². The summed E-state index contributed by atoms with van der Waals surface area (Å²) in [4.78, 5) is 22.8. The first-order valence-electron chi connectivity index (χ1n) is 5.95. The van der Waals surface area contributed by atoms with Crippen LogP contribution in [0.5, 0.6) is 0 Å². The number of carboxylic acids is 1. The second-order valence-electron chi connectivity index (χ2n) is 3.86. The third-order valence-electron chi connectivity index (χ3n) is 2.58. The number of nitrogens with two attached hydrogens (primary N) is 1. The normalized spacial score (nSPS) is 12.8. The van der Waals surface area contributed by atoms with Gasteiger partial charge in [-0.1, -0.05) is 30.3 Å². The van der Waals surface area contributed by atoms with Gasteiger partial charge in [-0.05, 0) is 18.1 Å². The summed E-state index contributed by atoms with van der Waals surface area (Å²) in [5, 5.41) is 9.32. The van der Waals surface area contributed by atoms with Crippen LogP contribution in [-0.2, 0) is 14.3 Å². The van der Waals surface area contributed by atoms with Crippen molar-refractivity contribution in [3.8, 4) is 0 Å². The quantitative estimate of drug-likeness (QED) is 0.596. The molecule has 1 aromatic rings. The molecule has 0 fully saturated rings. The molecule has 0 amide bonds. The van der Waals surface area contributed by atoms with Gasteiger partial charge in [-0.25, -0.2) is 4.79 Å². The van der Waals surface area contributed by atoms with Crippen molar-refractivity contribution < 1.29 is 19.4 Å². The number of aliphatic carboxylic acids is 1. The van der Waals surface area contributed by atoms with E-state index in [1.165, 1.54) is 0 Å². The van der Waals surface area contributed by atoms with Gasteiger partial charge < -0.3 is 15.6 Å². The molecule has 102 valence electrons. The van der Waals surface area contributed by atoms with Crippen molar-refractivity contribution >= 4 is 11.9 Å². The Bertz CT molecular complexity index is 468. The molecular weight excluding hydrogens is 246 g/mol. The number of benzene rings is 1. The molecule has 5 heteroatoms. The van der Waals surface area contributed by atoms with E-state index in [-0.39, 0.29) is 13.2 Å². The second-order valence-corrected chi connectivity index (χ2v) is 3.86. The number of ether oxygens (including phenoxy) is 1. The summed E-state index contributed by atoms with van der Waals surface area (Å²) in [6.45, 7) is 1.89. The van der Waals surface area contributed by atoms with Crippen molar-refractivity contribution in [2.24, 2.45) is 5.73 Å². The van der Waals surface area contributed by atoms with Crippen molar-refractivity contribution in [2.45, 2.75) is 12.8 Å². The average Bonchev–Trinajstić information content (AvgIpc) is 2.39. The molecular formula is C14H17NO4. The highest BCUT2D eigenvalue weighted by molar-refractivity contribution is 5.87. The minimum Gasteiger partial charge on any atom is -0.481 e. The summed E-state index contributed by atoms with van der Waals surface area (Å²) in [7, 11) is 0. The van der Waals surface area contributed by atoms with Gasteiger partial charge in [-0.2, -0.15) is 0 Å². The number of rotatable bonds is 6.